The molecule has 2 nitrogen and oxygen atoms in total. The second-order valence-electron chi connectivity index (χ2n) is 5.78. The van der Waals surface area contributed by atoms with Crippen LogP contribution in [0.15, 0.2) is 72.8 Å². The molecule has 2 aromatic heterocycles. The van der Waals surface area contributed by atoms with Gasteiger partial charge in [-0.05, 0) is 83.9 Å². The van der Waals surface area contributed by atoms with Gasteiger partial charge in [0.1, 0.15) is 11.5 Å². The number of hydrogen-bond donors (Lipinski definition) is 0. The van der Waals surface area contributed by atoms with Crippen LogP contribution < -0.4 is 9.47 Å². The molecule has 0 saturated carbocycles. The van der Waals surface area contributed by atoms with Crippen molar-refractivity contribution in [2.24, 2.45) is 0 Å². The van der Waals surface area contributed by atoms with Crippen LogP contribution in [-0.4, -0.2) is 14.2 Å². The van der Waals surface area contributed by atoms with Crippen LogP contribution in [0.4, 0.5) is 0 Å². The van der Waals surface area contributed by atoms with E-state index in [2.05, 4.69) is 48.5 Å². The van der Waals surface area contributed by atoms with Gasteiger partial charge in [0.2, 0.25) is 0 Å². The molecule has 0 spiro atoms. The highest BCUT2D eigenvalue weighted by Crippen LogP contribution is 2.40. The van der Waals surface area contributed by atoms with Gasteiger partial charge < -0.3 is 9.47 Å². The van der Waals surface area contributed by atoms with Crippen LogP contribution in [0.25, 0.3) is 30.6 Å². The fourth-order valence-electron chi connectivity index (χ4n) is 2.76. The minimum atomic E-state index is 0.882. The average Bonchev–Trinajstić information content (AvgIpc) is 3.38. The number of rotatable bonds is 5. The Morgan fingerprint density at radius 1 is 0.462 bits per heavy atom. The van der Waals surface area contributed by atoms with Crippen molar-refractivity contribution in [2.75, 3.05) is 14.2 Å². The number of benzene rings is 2. The zero-order valence-electron chi connectivity index (χ0n) is 14.6. The molecule has 130 valence electrons. The fraction of sp³-hybridized carbons (Fsp3) is 0.0909. The van der Waals surface area contributed by atoms with Crippen LogP contribution in [0.1, 0.15) is 0 Å². The summed E-state index contributed by atoms with van der Waals surface area (Å²) >= 11 is 3.63. The summed E-state index contributed by atoms with van der Waals surface area (Å²) in [6.07, 6.45) is 0. The Kier molecular flexibility index (Phi) is 4.78. The van der Waals surface area contributed by atoms with Gasteiger partial charge in [0, 0.05) is 19.5 Å². The second kappa shape index (κ2) is 7.36. The van der Waals surface area contributed by atoms with Crippen LogP contribution >= 0.6 is 22.7 Å². The van der Waals surface area contributed by atoms with E-state index in [4.69, 9.17) is 9.47 Å². The third-order valence-electron chi connectivity index (χ3n) is 4.20. The predicted octanol–water partition coefficient (Wildman–Crippen LogP) is 6.83. The standard InChI is InChI=1S/C22H18O2S2/c1-23-17-7-3-15(4-8-17)19-11-13-21(25-19)22-14-12-20(26-22)16-5-9-18(24-2)10-6-16/h3-14H,1-2H3. The topological polar surface area (TPSA) is 18.5 Å². The largest absolute Gasteiger partial charge is 0.497 e. The van der Waals surface area contributed by atoms with Crippen molar-refractivity contribution in [1.29, 1.82) is 0 Å². The van der Waals surface area contributed by atoms with Gasteiger partial charge in [-0.2, -0.15) is 0 Å². The van der Waals surface area contributed by atoms with Crippen molar-refractivity contribution >= 4 is 22.7 Å². The summed E-state index contributed by atoms with van der Waals surface area (Å²) in [7, 11) is 3.38. The lowest BCUT2D eigenvalue weighted by molar-refractivity contribution is 0.415. The third kappa shape index (κ3) is 3.39. The highest BCUT2D eigenvalue weighted by molar-refractivity contribution is 7.25. The first-order valence-corrected chi connectivity index (χ1v) is 9.89. The number of methoxy groups -OCH3 is 2. The highest BCUT2D eigenvalue weighted by Gasteiger charge is 2.09. The number of hydrogen-bond acceptors (Lipinski definition) is 4. The maximum Gasteiger partial charge on any atom is 0.118 e. The van der Waals surface area contributed by atoms with Crippen LogP contribution in [0.3, 0.4) is 0 Å². The SMILES string of the molecule is COc1ccc(-c2ccc(-c3ccc(-c4ccc(OC)cc4)s3)s2)cc1. The van der Waals surface area contributed by atoms with E-state index < -0.39 is 0 Å². The highest BCUT2D eigenvalue weighted by atomic mass is 32.1. The molecule has 0 bridgehead atoms. The molecule has 0 amide bonds. The molecule has 0 N–H and O–H groups in total. The van der Waals surface area contributed by atoms with E-state index in [-0.39, 0.29) is 0 Å². The summed E-state index contributed by atoms with van der Waals surface area (Å²) in [4.78, 5) is 5.12. The van der Waals surface area contributed by atoms with Gasteiger partial charge in [-0.25, -0.2) is 0 Å². The Bertz CT molecular complexity index is 912. The lowest BCUT2D eigenvalue weighted by atomic mass is 10.2. The summed E-state index contributed by atoms with van der Waals surface area (Å²) in [6, 6.07) is 25.2. The monoisotopic (exact) mass is 378 g/mol. The first kappa shape index (κ1) is 16.9. The molecule has 0 aliphatic rings. The zero-order chi connectivity index (χ0) is 17.9. The molecule has 4 heteroatoms. The number of thiophene rings is 2. The van der Waals surface area contributed by atoms with E-state index in [1.54, 1.807) is 14.2 Å². The van der Waals surface area contributed by atoms with E-state index in [9.17, 15) is 0 Å². The second-order valence-corrected chi connectivity index (χ2v) is 7.95. The van der Waals surface area contributed by atoms with E-state index in [0.29, 0.717) is 0 Å². The van der Waals surface area contributed by atoms with E-state index >= 15 is 0 Å². The Hall–Kier alpha value is -2.56. The molecule has 0 aliphatic heterocycles. The Morgan fingerprint density at radius 3 is 1.15 bits per heavy atom. The van der Waals surface area contributed by atoms with Gasteiger partial charge in [-0.1, -0.05) is 0 Å². The van der Waals surface area contributed by atoms with E-state index in [1.165, 1.54) is 30.6 Å². The minimum absolute atomic E-state index is 0.882. The maximum absolute atomic E-state index is 5.24. The molecule has 0 radical (unpaired) electrons. The van der Waals surface area contributed by atoms with Crippen molar-refractivity contribution in [1.82, 2.24) is 0 Å². The predicted molar refractivity (Wildman–Crippen MR) is 112 cm³/mol. The summed E-state index contributed by atoms with van der Waals surface area (Å²) in [5.41, 5.74) is 2.43. The molecule has 0 unspecified atom stereocenters. The molecule has 0 atom stereocenters. The molecule has 0 saturated heterocycles. The molecular formula is C22H18O2S2. The van der Waals surface area contributed by atoms with Crippen LogP contribution in [0, 0.1) is 0 Å². The molecule has 26 heavy (non-hydrogen) atoms. The average molecular weight is 379 g/mol. The van der Waals surface area contributed by atoms with Crippen molar-refractivity contribution in [2.45, 2.75) is 0 Å². The van der Waals surface area contributed by atoms with Crippen LogP contribution in [0.5, 0.6) is 11.5 Å². The lowest BCUT2D eigenvalue weighted by Gasteiger charge is -2.01. The van der Waals surface area contributed by atoms with Gasteiger partial charge in [-0.3, -0.25) is 0 Å². The third-order valence-corrected chi connectivity index (χ3v) is 6.67. The van der Waals surface area contributed by atoms with Crippen LogP contribution in [-0.2, 0) is 0 Å². The summed E-state index contributed by atoms with van der Waals surface area (Å²) in [5.74, 6) is 1.76. The van der Waals surface area contributed by atoms with Crippen LogP contribution in [0.2, 0.25) is 0 Å². The summed E-state index contributed by atoms with van der Waals surface area (Å²) in [5, 5.41) is 0. The number of ether oxygens (including phenoxy) is 2. The van der Waals surface area contributed by atoms with Gasteiger partial charge in [0.15, 0.2) is 0 Å². The van der Waals surface area contributed by atoms with Crippen molar-refractivity contribution in [3.05, 3.63) is 72.8 Å². The molecule has 4 rings (SSSR count). The van der Waals surface area contributed by atoms with Crippen molar-refractivity contribution in [3.63, 3.8) is 0 Å². The molecule has 2 heterocycles. The molecule has 2 aromatic carbocycles. The first-order valence-electron chi connectivity index (χ1n) is 8.26. The molecular weight excluding hydrogens is 360 g/mol. The lowest BCUT2D eigenvalue weighted by Crippen LogP contribution is -1.81. The quantitative estimate of drug-likeness (QED) is 0.379. The smallest absolute Gasteiger partial charge is 0.118 e. The molecule has 0 fully saturated rings. The zero-order valence-corrected chi connectivity index (χ0v) is 16.2. The maximum atomic E-state index is 5.24. The van der Waals surface area contributed by atoms with E-state index in [1.807, 2.05) is 46.9 Å². The molecule has 0 aliphatic carbocycles. The summed E-state index contributed by atoms with van der Waals surface area (Å²) < 4.78 is 10.5. The van der Waals surface area contributed by atoms with Crippen molar-refractivity contribution < 1.29 is 9.47 Å². The minimum Gasteiger partial charge on any atom is -0.497 e. The van der Waals surface area contributed by atoms with Gasteiger partial charge in [0.05, 0.1) is 14.2 Å². The first-order chi connectivity index (χ1) is 12.8. The Morgan fingerprint density at radius 2 is 0.808 bits per heavy atom. The normalized spacial score (nSPS) is 10.7. The van der Waals surface area contributed by atoms with Gasteiger partial charge in [0.25, 0.3) is 0 Å². The Labute approximate surface area is 161 Å². The van der Waals surface area contributed by atoms with E-state index in [0.717, 1.165) is 11.5 Å². The fourth-order valence-corrected chi connectivity index (χ4v) is 4.87. The Balaban J connectivity index is 1.58. The summed E-state index contributed by atoms with van der Waals surface area (Å²) in [6.45, 7) is 0. The van der Waals surface area contributed by atoms with Gasteiger partial charge in [-0.15, -0.1) is 22.7 Å². The molecule has 4 aromatic rings. The van der Waals surface area contributed by atoms with Crippen molar-refractivity contribution in [3.8, 4) is 42.1 Å². The van der Waals surface area contributed by atoms with Gasteiger partial charge >= 0.3 is 0 Å².